The van der Waals surface area contributed by atoms with Gasteiger partial charge < -0.3 is 10.1 Å². The standard InChI is InChI=1S/C23H19FN4O3/c1-28-20-16(5-4-9-26-20)14-12-23(13-14,22(28)30)27-21(29)18-11-15(8-10-25-18)31-19-7-3-2-6-17(19)24/h2-11,14H,12-13H2,1H3,(H,27,29)/t14-,23+. The second kappa shape index (κ2) is 7.16. The predicted molar refractivity (Wildman–Crippen MR) is 111 cm³/mol. The van der Waals surface area contributed by atoms with Crippen LogP contribution in [0.2, 0.25) is 0 Å². The van der Waals surface area contributed by atoms with Crippen LogP contribution in [-0.2, 0) is 4.79 Å². The van der Waals surface area contributed by atoms with Crippen LogP contribution >= 0.6 is 0 Å². The summed E-state index contributed by atoms with van der Waals surface area (Å²) < 4.78 is 19.4. The third-order valence-corrected chi connectivity index (χ3v) is 5.86. The summed E-state index contributed by atoms with van der Waals surface area (Å²) in [5.74, 6) is -0.0935. The van der Waals surface area contributed by atoms with Crippen molar-refractivity contribution < 1.29 is 18.7 Å². The lowest BCUT2D eigenvalue weighted by atomic mass is 9.66. The molecule has 2 bridgehead atoms. The highest BCUT2D eigenvalue weighted by Gasteiger charge is 2.56. The topological polar surface area (TPSA) is 84.4 Å². The van der Waals surface area contributed by atoms with Crippen molar-refractivity contribution in [1.82, 2.24) is 15.3 Å². The molecule has 8 heteroatoms. The zero-order valence-electron chi connectivity index (χ0n) is 16.7. The first kappa shape index (κ1) is 19.2. The number of fused-ring (bicyclic) bond motifs is 1. The molecule has 156 valence electrons. The molecule has 0 unspecified atom stereocenters. The molecule has 1 saturated carbocycles. The maximum absolute atomic E-state index is 13.9. The molecule has 7 nitrogen and oxygen atoms in total. The summed E-state index contributed by atoms with van der Waals surface area (Å²) in [6.07, 6.45) is 4.08. The number of benzene rings is 1. The van der Waals surface area contributed by atoms with Crippen molar-refractivity contribution in [3.05, 3.63) is 78.0 Å². The summed E-state index contributed by atoms with van der Waals surface area (Å²) in [4.78, 5) is 36.1. The fourth-order valence-corrected chi connectivity index (χ4v) is 4.29. The van der Waals surface area contributed by atoms with Crippen LogP contribution in [0.25, 0.3) is 0 Å². The molecule has 6 rings (SSSR count). The molecule has 1 aromatic carbocycles. The minimum absolute atomic E-state index is 0.0475. The van der Waals surface area contributed by atoms with Gasteiger partial charge in [-0.2, -0.15) is 0 Å². The smallest absolute Gasteiger partial charge is 0.270 e. The third-order valence-electron chi connectivity index (χ3n) is 5.86. The fraction of sp³-hybridized carbons (Fsp3) is 0.217. The lowest BCUT2D eigenvalue weighted by Gasteiger charge is -2.44. The molecule has 0 radical (unpaired) electrons. The van der Waals surface area contributed by atoms with Crippen molar-refractivity contribution >= 4 is 17.6 Å². The number of carbonyl (C=O) groups is 2. The van der Waals surface area contributed by atoms with Crippen molar-refractivity contribution in [2.75, 3.05) is 11.9 Å². The SMILES string of the molecule is CN1c2ncccc2[C@H]2C[C@@](NC(=O)c3cc(Oc4ccccc4F)ccn3)(C2)C1=O. The van der Waals surface area contributed by atoms with Crippen molar-refractivity contribution in [2.45, 2.75) is 24.3 Å². The summed E-state index contributed by atoms with van der Waals surface area (Å²) in [5.41, 5.74) is 0.0995. The third kappa shape index (κ3) is 3.20. The first-order chi connectivity index (χ1) is 15.0. The van der Waals surface area contributed by atoms with Gasteiger partial charge in [0.2, 0.25) is 0 Å². The summed E-state index contributed by atoms with van der Waals surface area (Å²) in [7, 11) is 1.67. The van der Waals surface area contributed by atoms with E-state index in [1.165, 1.54) is 35.4 Å². The number of nitrogens with zero attached hydrogens (tertiary/aromatic N) is 3. The molecule has 4 heterocycles. The van der Waals surface area contributed by atoms with Gasteiger partial charge in [-0.15, -0.1) is 0 Å². The van der Waals surface area contributed by atoms with Crippen LogP contribution in [0.4, 0.5) is 10.2 Å². The number of aromatic nitrogens is 2. The van der Waals surface area contributed by atoms with E-state index >= 15 is 0 Å². The normalized spacial score (nSPS) is 21.5. The number of halogens is 1. The second-order valence-electron chi connectivity index (χ2n) is 7.83. The van der Waals surface area contributed by atoms with Crippen LogP contribution in [0.15, 0.2) is 60.9 Å². The number of pyridine rings is 2. The largest absolute Gasteiger partial charge is 0.454 e. The zero-order valence-corrected chi connectivity index (χ0v) is 16.7. The first-order valence-corrected chi connectivity index (χ1v) is 9.91. The van der Waals surface area contributed by atoms with Gasteiger partial charge in [0.1, 0.15) is 22.8 Å². The van der Waals surface area contributed by atoms with Crippen LogP contribution in [-0.4, -0.2) is 34.4 Å². The van der Waals surface area contributed by atoms with Crippen molar-refractivity contribution in [3.63, 3.8) is 0 Å². The van der Waals surface area contributed by atoms with Crippen molar-refractivity contribution in [3.8, 4) is 11.5 Å². The van der Waals surface area contributed by atoms with E-state index in [1.54, 1.807) is 25.4 Å². The van der Waals surface area contributed by atoms with Crippen LogP contribution in [0.5, 0.6) is 11.5 Å². The maximum Gasteiger partial charge on any atom is 0.270 e. The van der Waals surface area contributed by atoms with Crippen LogP contribution in [0.1, 0.15) is 34.8 Å². The molecule has 0 saturated heterocycles. The lowest BCUT2D eigenvalue weighted by molar-refractivity contribution is -0.127. The average Bonchev–Trinajstić information content (AvgIpc) is 2.90. The van der Waals surface area contributed by atoms with E-state index in [1.807, 2.05) is 12.1 Å². The number of likely N-dealkylation sites (N-methyl/N-ethyl adjacent to an activating group) is 1. The maximum atomic E-state index is 13.9. The Bertz CT molecular complexity index is 1190. The number of amides is 2. The van der Waals surface area contributed by atoms with E-state index in [4.69, 9.17) is 4.74 Å². The van der Waals surface area contributed by atoms with Gasteiger partial charge in [-0.3, -0.25) is 19.5 Å². The number of hydrogen-bond donors (Lipinski definition) is 1. The molecule has 1 aliphatic carbocycles. The van der Waals surface area contributed by atoms with E-state index in [-0.39, 0.29) is 29.0 Å². The van der Waals surface area contributed by atoms with Gasteiger partial charge >= 0.3 is 0 Å². The Hall–Kier alpha value is -3.81. The van der Waals surface area contributed by atoms with E-state index in [9.17, 15) is 14.0 Å². The zero-order chi connectivity index (χ0) is 21.6. The number of anilines is 1. The summed E-state index contributed by atoms with van der Waals surface area (Å²) in [6.45, 7) is 0. The quantitative estimate of drug-likeness (QED) is 0.702. The minimum atomic E-state index is -0.999. The Morgan fingerprint density at radius 3 is 2.77 bits per heavy atom. The van der Waals surface area contributed by atoms with E-state index in [2.05, 4.69) is 15.3 Å². The van der Waals surface area contributed by atoms with E-state index in [0.29, 0.717) is 18.7 Å². The predicted octanol–water partition coefficient (Wildman–Crippen LogP) is 3.43. The molecule has 1 fully saturated rings. The van der Waals surface area contributed by atoms with Gasteiger partial charge in [0, 0.05) is 25.5 Å². The molecule has 2 aliphatic heterocycles. The summed E-state index contributed by atoms with van der Waals surface area (Å²) >= 11 is 0. The number of carbonyl (C=O) groups excluding carboxylic acids is 2. The number of nitrogens with one attached hydrogen (secondary N) is 1. The molecule has 3 aliphatic rings. The Labute approximate surface area is 177 Å². The molecule has 2 amide bonds. The number of rotatable bonds is 4. The van der Waals surface area contributed by atoms with Gasteiger partial charge in [-0.05, 0) is 48.6 Å². The lowest BCUT2D eigenvalue weighted by Crippen LogP contribution is -2.64. The molecule has 31 heavy (non-hydrogen) atoms. The highest BCUT2D eigenvalue weighted by atomic mass is 19.1. The molecular weight excluding hydrogens is 399 g/mol. The van der Waals surface area contributed by atoms with Crippen LogP contribution < -0.4 is 15.0 Å². The van der Waals surface area contributed by atoms with Gasteiger partial charge in [-0.25, -0.2) is 9.37 Å². The van der Waals surface area contributed by atoms with E-state index < -0.39 is 17.3 Å². The molecular formula is C23H19FN4O3. The van der Waals surface area contributed by atoms with Crippen molar-refractivity contribution in [1.29, 1.82) is 0 Å². The summed E-state index contributed by atoms with van der Waals surface area (Å²) in [5, 5.41) is 2.88. The fourth-order valence-electron chi connectivity index (χ4n) is 4.29. The van der Waals surface area contributed by atoms with Crippen LogP contribution in [0, 0.1) is 5.82 Å². The monoisotopic (exact) mass is 418 g/mol. The average molecular weight is 418 g/mol. The number of hydrogen-bond acceptors (Lipinski definition) is 5. The van der Waals surface area contributed by atoms with Crippen LogP contribution in [0.3, 0.4) is 0 Å². The Morgan fingerprint density at radius 1 is 1.16 bits per heavy atom. The second-order valence-corrected chi connectivity index (χ2v) is 7.83. The highest BCUT2D eigenvalue weighted by Crippen LogP contribution is 2.51. The summed E-state index contributed by atoms with van der Waals surface area (Å²) in [6, 6.07) is 12.8. The number of ether oxygens (including phenoxy) is 1. The Balaban J connectivity index is 1.37. The number of para-hydroxylation sites is 1. The highest BCUT2D eigenvalue weighted by molar-refractivity contribution is 6.06. The molecule has 2 aromatic heterocycles. The molecule has 0 spiro atoms. The molecule has 1 N–H and O–H groups in total. The first-order valence-electron chi connectivity index (χ1n) is 9.91. The molecule has 0 atom stereocenters. The Morgan fingerprint density at radius 2 is 1.97 bits per heavy atom. The van der Waals surface area contributed by atoms with Gasteiger partial charge in [-0.1, -0.05) is 18.2 Å². The van der Waals surface area contributed by atoms with Gasteiger partial charge in [0.15, 0.2) is 11.6 Å². The van der Waals surface area contributed by atoms with E-state index in [0.717, 1.165) is 5.56 Å². The molecule has 3 aromatic rings. The van der Waals surface area contributed by atoms with Crippen molar-refractivity contribution in [2.24, 2.45) is 0 Å². The van der Waals surface area contributed by atoms with Gasteiger partial charge in [0.25, 0.3) is 11.8 Å². The van der Waals surface area contributed by atoms with Gasteiger partial charge in [0.05, 0.1) is 0 Å². The minimum Gasteiger partial charge on any atom is -0.454 e. The Kier molecular flexibility index (Phi) is 4.43.